The Morgan fingerprint density at radius 2 is 1.94 bits per heavy atom. The first-order valence-electron chi connectivity index (χ1n) is 5.66. The van der Waals surface area contributed by atoms with Crippen LogP contribution in [0.25, 0.3) is 0 Å². The van der Waals surface area contributed by atoms with Crippen LogP contribution in [0.4, 0.5) is 5.69 Å². The highest BCUT2D eigenvalue weighted by molar-refractivity contribution is 9.09. The van der Waals surface area contributed by atoms with Crippen LogP contribution in [0.2, 0.25) is 0 Å². The lowest BCUT2D eigenvalue weighted by atomic mass is 9.89. The Hall–Kier alpha value is -0.900. The van der Waals surface area contributed by atoms with Crippen LogP contribution in [0, 0.1) is 15.5 Å². The van der Waals surface area contributed by atoms with E-state index in [1.807, 2.05) is 12.1 Å². The fourth-order valence-electron chi connectivity index (χ4n) is 1.84. The van der Waals surface area contributed by atoms with Crippen LogP contribution >= 0.6 is 15.9 Å². The van der Waals surface area contributed by atoms with Crippen molar-refractivity contribution >= 4 is 21.6 Å². The van der Waals surface area contributed by atoms with E-state index in [2.05, 4.69) is 36.7 Å². The van der Waals surface area contributed by atoms with Gasteiger partial charge < -0.3 is 0 Å². The van der Waals surface area contributed by atoms with E-state index in [-0.39, 0.29) is 20.9 Å². The van der Waals surface area contributed by atoms with Crippen molar-refractivity contribution in [1.29, 1.82) is 0 Å². The number of halogens is 1. The first-order chi connectivity index (χ1) is 7.79. The summed E-state index contributed by atoms with van der Waals surface area (Å²) in [4.78, 5) is 10.8. The fraction of sp³-hybridized carbons (Fsp3) is 0.538. The van der Waals surface area contributed by atoms with Crippen molar-refractivity contribution in [3.8, 4) is 0 Å². The van der Waals surface area contributed by atoms with Crippen LogP contribution in [0.5, 0.6) is 0 Å². The summed E-state index contributed by atoms with van der Waals surface area (Å²) in [5, 5.41) is 10.9. The van der Waals surface area contributed by atoms with E-state index in [9.17, 15) is 10.1 Å². The first kappa shape index (κ1) is 14.2. The van der Waals surface area contributed by atoms with Crippen LogP contribution < -0.4 is 0 Å². The molecular weight excluding hydrogens is 282 g/mol. The third-order valence-electron chi connectivity index (χ3n) is 2.46. The maximum absolute atomic E-state index is 10.9. The molecule has 0 saturated carbocycles. The Labute approximate surface area is 111 Å². The van der Waals surface area contributed by atoms with Gasteiger partial charge in [0.05, 0.1) is 4.92 Å². The molecule has 0 amide bonds. The van der Waals surface area contributed by atoms with Crippen molar-refractivity contribution in [2.24, 2.45) is 5.41 Å². The summed E-state index contributed by atoms with van der Waals surface area (Å²) in [7, 11) is 0. The minimum atomic E-state index is -0.313. The summed E-state index contributed by atoms with van der Waals surface area (Å²) in [6, 6.07) is 6.94. The van der Waals surface area contributed by atoms with Crippen molar-refractivity contribution in [3.63, 3.8) is 0 Å². The van der Waals surface area contributed by atoms with Crippen molar-refractivity contribution in [3.05, 3.63) is 39.9 Å². The van der Waals surface area contributed by atoms with Crippen LogP contribution in [0.15, 0.2) is 24.3 Å². The number of para-hydroxylation sites is 1. The van der Waals surface area contributed by atoms with Gasteiger partial charge in [-0.3, -0.25) is 10.1 Å². The molecule has 0 bridgehead atoms. The Kier molecular flexibility index (Phi) is 4.69. The topological polar surface area (TPSA) is 43.1 Å². The summed E-state index contributed by atoms with van der Waals surface area (Å²) in [5.74, 6) is 0. The van der Waals surface area contributed by atoms with Gasteiger partial charge in [-0.1, -0.05) is 54.9 Å². The molecule has 94 valence electrons. The predicted octanol–water partition coefficient (Wildman–Crippen LogP) is 4.34. The molecular formula is C13H18BrNO2. The van der Waals surface area contributed by atoms with E-state index >= 15 is 0 Å². The molecule has 0 fully saturated rings. The number of alkyl halides is 1. The minimum Gasteiger partial charge on any atom is -0.258 e. The van der Waals surface area contributed by atoms with Crippen LogP contribution in [-0.2, 0) is 6.42 Å². The highest BCUT2D eigenvalue weighted by atomic mass is 79.9. The highest BCUT2D eigenvalue weighted by Gasteiger charge is 2.20. The zero-order valence-corrected chi connectivity index (χ0v) is 12.0. The quantitative estimate of drug-likeness (QED) is 0.471. The normalized spacial score (nSPS) is 13.4. The Bertz CT molecular complexity index is 399. The van der Waals surface area contributed by atoms with E-state index in [0.717, 1.165) is 12.0 Å². The second kappa shape index (κ2) is 5.63. The molecule has 0 N–H and O–H groups in total. The van der Waals surface area contributed by atoms with Gasteiger partial charge in [0.1, 0.15) is 0 Å². The van der Waals surface area contributed by atoms with Crippen LogP contribution in [0.3, 0.4) is 0 Å². The molecule has 4 heteroatoms. The number of nitro benzene ring substituents is 1. The number of benzene rings is 1. The smallest absolute Gasteiger partial charge is 0.258 e. The molecule has 0 radical (unpaired) electrons. The van der Waals surface area contributed by atoms with E-state index in [4.69, 9.17) is 0 Å². The lowest BCUT2D eigenvalue weighted by Crippen LogP contribution is -2.15. The fourth-order valence-corrected chi connectivity index (χ4v) is 3.16. The molecule has 1 rings (SSSR count). The summed E-state index contributed by atoms with van der Waals surface area (Å²) in [5.41, 5.74) is 1.23. The van der Waals surface area contributed by atoms with E-state index < -0.39 is 0 Å². The molecule has 1 aromatic rings. The third-order valence-corrected chi connectivity index (χ3v) is 3.11. The lowest BCUT2D eigenvalue weighted by Gasteiger charge is -2.22. The van der Waals surface area contributed by atoms with Gasteiger partial charge in [0, 0.05) is 16.5 Å². The summed E-state index contributed by atoms with van der Waals surface area (Å²) >= 11 is 3.61. The van der Waals surface area contributed by atoms with Crippen LogP contribution in [0.1, 0.15) is 32.8 Å². The zero-order valence-electron chi connectivity index (χ0n) is 10.4. The van der Waals surface area contributed by atoms with Gasteiger partial charge in [0.2, 0.25) is 0 Å². The standard InChI is InChI=1S/C13H18BrNO2/c1-13(2,3)9-11(14)8-10-6-4-5-7-12(10)15(16)17/h4-7,11H,8-9H2,1-3H3. The molecule has 1 unspecified atom stereocenters. The number of nitro groups is 1. The monoisotopic (exact) mass is 299 g/mol. The molecule has 0 saturated heterocycles. The van der Waals surface area contributed by atoms with Crippen molar-refractivity contribution < 1.29 is 4.92 Å². The Balaban J connectivity index is 2.78. The molecule has 0 spiro atoms. The molecule has 1 aromatic carbocycles. The maximum atomic E-state index is 10.9. The molecule has 1 atom stereocenters. The zero-order chi connectivity index (χ0) is 13.1. The molecule has 0 aromatic heterocycles. The van der Waals surface area contributed by atoms with Crippen molar-refractivity contribution in [2.75, 3.05) is 0 Å². The maximum Gasteiger partial charge on any atom is 0.272 e. The average molecular weight is 300 g/mol. The second-order valence-corrected chi connectivity index (χ2v) is 6.75. The number of hydrogen-bond acceptors (Lipinski definition) is 2. The molecule has 0 heterocycles. The van der Waals surface area contributed by atoms with E-state index in [1.165, 1.54) is 0 Å². The average Bonchev–Trinajstić information content (AvgIpc) is 2.14. The SMILES string of the molecule is CC(C)(C)CC(Br)Cc1ccccc1[N+](=O)[O-]. The largest absolute Gasteiger partial charge is 0.272 e. The van der Waals surface area contributed by atoms with Gasteiger partial charge in [-0.05, 0) is 18.3 Å². The second-order valence-electron chi connectivity index (χ2n) is 5.45. The molecule has 17 heavy (non-hydrogen) atoms. The van der Waals surface area contributed by atoms with Gasteiger partial charge in [-0.25, -0.2) is 0 Å². The van der Waals surface area contributed by atoms with Gasteiger partial charge in [0.15, 0.2) is 0 Å². The van der Waals surface area contributed by atoms with Gasteiger partial charge in [-0.15, -0.1) is 0 Å². The third kappa shape index (κ3) is 4.86. The Morgan fingerprint density at radius 3 is 2.47 bits per heavy atom. The number of rotatable bonds is 4. The molecule has 0 aliphatic rings. The molecule has 0 aliphatic heterocycles. The van der Waals surface area contributed by atoms with E-state index in [0.29, 0.717) is 6.42 Å². The lowest BCUT2D eigenvalue weighted by molar-refractivity contribution is -0.385. The van der Waals surface area contributed by atoms with Gasteiger partial charge >= 0.3 is 0 Å². The summed E-state index contributed by atoms with van der Waals surface area (Å²) in [6.45, 7) is 6.50. The summed E-state index contributed by atoms with van der Waals surface area (Å²) in [6.07, 6.45) is 1.67. The minimum absolute atomic E-state index is 0.214. The Morgan fingerprint density at radius 1 is 1.35 bits per heavy atom. The summed E-state index contributed by atoms with van der Waals surface area (Å²) < 4.78 is 0. The first-order valence-corrected chi connectivity index (χ1v) is 6.57. The molecule has 0 aliphatic carbocycles. The van der Waals surface area contributed by atoms with Gasteiger partial charge in [-0.2, -0.15) is 0 Å². The number of hydrogen-bond donors (Lipinski definition) is 0. The van der Waals surface area contributed by atoms with Gasteiger partial charge in [0.25, 0.3) is 5.69 Å². The molecule has 3 nitrogen and oxygen atoms in total. The number of nitrogens with zero attached hydrogens (tertiary/aromatic N) is 1. The van der Waals surface area contributed by atoms with Crippen molar-refractivity contribution in [1.82, 2.24) is 0 Å². The van der Waals surface area contributed by atoms with Crippen molar-refractivity contribution in [2.45, 2.75) is 38.4 Å². The highest BCUT2D eigenvalue weighted by Crippen LogP contribution is 2.29. The van der Waals surface area contributed by atoms with E-state index in [1.54, 1.807) is 12.1 Å². The predicted molar refractivity (Wildman–Crippen MR) is 73.6 cm³/mol. The van der Waals surface area contributed by atoms with Crippen LogP contribution in [-0.4, -0.2) is 9.75 Å².